The van der Waals surface area contributed by atoms with Crippen molar-refractivity contribution in [2.75, 3.05) is 13.1 Å². The smallest absolute Gasteiger partial charge is 0.305 e. The number of carbonyl (C=O) groups excluding carboxylic acids is 1. The van der Waals surface area contributed by atoms with Gasteiger partial charge in [0.1, 0.15) is 0 Å². The molecule has 1 saturated carbocycles. The van der Waals surface area contributed by atoms with Crippen LogP contribution >= 0.6 is 0 Å². The molecule has 1 aliphatic heterocycles. The van der Waals surface area contributed by atoms with Gasteiger partial charge in [-0.2, -0.15) is 0 Å². The van der Waals surface area contributed by atoms with Crippen LogP contribution in [0.1, 0.15) is 32.1 Å². The van der Waals surface area contributed by atoms with Gasteiger partial charge in [-0.1, -0.05) is 12.8 Å². The number of fused-ring (bicyclic) bond motifs is 1. The molecule has 1 heterocycles. The van der Waals surface area contributed by atoms with E-state index < -0.39 is 5.97 Å². The van der Waals surface area contributed by atoms with Crippen LogP contribution in [-0.2, 0) is 9.59 Å². The molecule has 1 amide bonds. The van der Waals surface area contributed by atoms with E-state index in [1.165, 1.54) is 6.42 Å². The summed E-state index contributed by atoms with van der Waals surface area (Å²) in [6.07, 6.45) is 4.60. The maximum Gasteiger partial charge on any atom is 0.305 e. The summed E-state index contributed by atoms with van der Waals surface area (Å²) in [6.45, 7) is 1.18. The van der Waals surface area contributed by atoms with Gasteiger partial charge in [-0.05, 0) is 18.8 Å². The first-order valence-corrected chi connectivity index (χ1v) is 5.69. The number of amides is 1. The monoisotopic (exact) mass is 211 g/mol. The Kier molecular flexibility index (Phi) is 2.93. The van der Waals surface area contributed by atoms with E-state index in [1.807, 2.05) is 0 Å². The van der Waals surface area contributed by atoms with Crippen LogP contribution in [0, 0.1) is 11.8 Å². The zero-order valence-electron chi connectivity index (χ0n) is 8.82. The van der Waals surface area contributed by atoms with E-state index in [0.717, 1.165) is 25.8 Å². The summed E-state index contributed by atoms with van der Waals surface area (Å²) in [4.78, 5) is 24.1. The highest BCUT2D eigenvalue weighted by Crippen LogP contribution is 2.36. The van der Waals surface area contributed by atoms with E-state index in [9.17, 15) is 9.59 Å². The maximum atomic E-state index is 11.9. The summed E-state index contributed by atoms with van der Waals surface area (Å²) in [5.74, 6) is 0.0752. The van der Waals surface area contributed by atoms with Crippen LogP contribution in [0.15, 0.2) is 0 Å². The summed E-state index contributed by atoms with van der Waals surface area (Å²) >= 11 is 0. The molecule has 4 heteroatoms. The van der Waals surface area contributed by atoms with Gasteiger partial charge >= 0.3 is 5.97 Å². The first kappa shape index (κ1) is 10.5. The third-order valence-electron chi connectivity index (χ3n) is 3.59. The molecule has 0 bridgehead atoms. The Hall–Kier alpha value is -1.06. The predicted molar refractivity (Wildman–Crippen MR) is 54.3 cm³/mol. The van der Waals surface area contributed by atoms with Crippen LogP contribution in [0.3, 0.4) is 0 Å². The van der Waals surface area contributed by atoms with Crippen molar-refractivity contribution in [1.29, 1.82) is 0 Å². The Morgan fingerprint density at radius 2 is 2.13 bits per heavy atom. The van der Waals surface area contributed by atoms with Gasteiger partial charge in [-0.3, -0.25) is 9.59 Å². The van der Waals surface area contributed by atoms with Gasteiger partial charge in [-0.25, -0.2) is 0 Å². The molecule has 84 valence electrons. The quantitative estimate of drug-likeness (QED) is 0.760. The summed E-state index contributed by atoms with van der Waals surface area (Å²) in [7, 11) is 0. The van der Waals surface area contributed by atoms with E-state index in [0.29, 0.717) is 12.5 Å². The lowest BCUT2D eigenvalue weighted by atomic mass is 9.81. The average Bonchev–Trinajstić information content (AvgIpc) is 2.54. The molecule has 2 unspecified atom stereocenters. The third-order valence-corrected chi connectivity index (χ3v) is 3.59. The van der Waals surface area contributed by atoms with Crippen molar-refractivity contribution in [1.82, 2.24) is 4.90 Å². The molecule has 4 nitrogen and oxygen atoms in total. The lowest BCUT2D eigenvalue weighted by Gasteiger charge is -2.21. The highest BCUT2D eigenvalue weighted by atomic mass is 16.4. The van der Waals surface area contributed by atoms with Crippen LogP contribution in [0.5, 0.6) is 0 Å². The number of carboxylic acid groups (broad SMARTS) is 1. The molecule has 2 rings (SSSR count). The first-order valence-electron chi connectivity index (χ1n) is 5.69. The molecule has 2 fully saturated rings. The third kappa shape index (κ3) is 2.13. The number of hydrogen-bond donors (Lipinski definition) is 1. The fourth-order valence-electron chi connectivity index (χ4n) is 2.79. The standard InChI is InChI=1S/C11H17NO3/c13-10(14)5-6-12-7-8-3-1-2-4-9(8)11(12)15/h8-9H,1-7H2,(H,13,14). The molecule has 0 aromatic heterocycles. The predicted octanol–water partition coefficient (Wildman–Crippen LogP) is 1.11. The van der Waals surface area contributed by atoms with Gasteiger partial charge in [0.25, 0.3) is 0 Å². The van der Waals surface area contributed by atoms with E-state index in [4.69, 9.17) is 5.11 Å². The fraction of sp³-hybridized carbons (Fsp3) is 0.818. The number of carboxylic acids is 1. The molecule has 1 N–H and O–H groups in total. The molecule has 0 aromatic carbocycles. The number of aliphatic carboxylic acids is 1. The number of likely N-dealkylation sites (tertiary alicyclic amines) is 1. The number of nitrogens with zero attached hydrogens (tertiary/aromatic N) is 1. The topological polar surface area (TPSA) is 57.6 Å². The lowest BCUT2D eigenvalue weighted by molar-refractivity contribution is -0.138. The van der Waals surface area contributed by atoms with E-state index in [-0.39, 0.29) is 18.2 Å². The first-order chi connectivity index (χ1) is 7.18. The van der Waals surface area contributed by atoms with Gasteiger partial charge < -0.3 is 10.0 Å². The SMILES string of the molecule is O=C(O)CCN1CC2CCCCC2C1=O. The zero-order chi connectivity index (χ0) is 10.8. The Bertz CT molecular complexity index is 277. The average molecular weight is 211 g/mol. The van der Waals surface area contributed by atoms with Gasteiger partial charge in [-0.15, -0.1) is 0 Å². The molecule has 1 saturated heterocycles. The minimum atomic E-state index is -0.822. The molecule has 0 spiro atoms. The van der Waals surface area contributed by atoms with Crippen molar-refractivity contribution >= 4 is 11.9 Å². The summed E-state index contributed by atoms with van der Waals surface area (Å²) in [5.41, 5.74) is 0. The molecule has 0 radical (unpaired) electrons. The number of hydrogen-bond acceptors (Lipinski definition) is 2. The van der Waals surface area contributed by atoms with Crippen LogP contribution in [0.2, 0.25) is 0 Å². The summed E-state index contributed by atoms with van der Waals surface area (Å²) < 4.78 is 0. The molecular formula is C11H17NO3. The molecule has 2 aliphatic rings. The number of carbonyl (C=O) groups is 2. The fourth-order valence-corrected chi connectivity index (χ4v) is 2.79. The van der Waals surface area contributed by atoms with Gasteiger partial charge in [0, 0.05) is 19.0 Å². The second-order valence-electron chi connectivity index (χ2n) is 4.58. The van der Waals surface area contributed by atoms with Gasteiger partial charge in [0.05, 0.1) is 6.42 Å². The minimum Gasteiger partial charge on any atom is -0.481 e. The Labute approximate surface area is 89.3 Å². The van der Waals surface area contributed by atoms with Crippen molar-refractivity contribution in [3.63, 3.8) is 0 Å². The zero-order valence-corrected chi connectivity index (χ0v) is 8.82. The highest BCUT2D eigenvalue weighted by Gasteiger charge is 2.40. The van der Waals surface area contributed by atoms with Crippen molar-refractivity contribution in [2.45, 2.75) is 32.1 Å². The van der Waals surface area contributed by atoms with Crippen molar-refractivity contribution in [3.05, 3.63) is 0 Å². The van der Waals surface area contributed by atoms with Gasteiger partial charge in [0.2, 0.25) is 5.91 Å². The number of rotatable bonds is 3. The summed E-state index contributed by atoms with van der Waals surface area (Å²) in [6, 6.07) is 0. The van der Waals surface area contributed by atoms with Crippen molar-refractivity contribution in [2.24, 2.45) is 11.8 Å². The molecule has 2 atom stereocenters. The maximum absolute atomic E-state index is 11.9. The Morgan fingerprint density at radius 3 is 2.80 bits per heavy atom. The van der Waals surface area contributed by atoms with Crippen molar-refractivity contribution < 1.29 is 14.7 Å². The minimum absolute atomic E-state index is 0.0746. The molecule has 15 heavy (non-hydrogen) atoms. The van der Waals surface area contributed by atoms with Crippen LogP contribution in [0.4, 0.5) is 0 Å². The second-order valence-corrected chi connectivity index (χ2v) is 4.58. The lowest BCUT2D eigenvalue weighted by Crippen LogP contribution is -2.29. The highest BCUT2D eigenvalue weighted by molar-refractivity contribution is 5.82. The Morgan fingerprint density at radius 1 is 1.40 bits per heavy atom. The van der Waals surface area contributed by atoms with Crippen LogP contribution < -0.4 is 0 Å². The van der Waals surface area contributed by atoms with E-state index >= 15 is 0 Å². The Balaban J connectivity index is 1.92. The van der Waals surface area contributed by atoms with E-state index in [1.54, 1.807) is 4.90 Å². The normalized spacial score (nSPS) is 30.4. The molecule has 0 aromatic rings. The van der Waals surface area contributed by atoms with Crippen LogP contribution in [0.25, 0.3) is 0 Å². The molecular weight excluding hydrogens is 194 g/mol. The van der Waals surface area contributed by atoms with Crippen molar-refractivity contribution in [3.8, 4) is 0 Å². The van der Waals surface area contributed by atoms with Crippen LogP contribution in [-0.4, -0.2) is 35.0 Å². The van der Waals surface area contributed by atoms with Gasteiger partial charge in [0.15, 0.2) is 0 Å². The van der Waals surface area contributed by atoms with E-state index in [2.05, 4.69) is 0 Å². The molecule has 1 aliphatic carbocycles. The second kappa shape index (κ2) is 4.21. The summed E-state index contributed by atoms with van der Waals surface area (Å²) in [5, 5.41) is 8.58. The largest absolute Gasteiger partial charge is 0.481 e.